The number of rotatable bonds is 6. The molecule has 5 nitrogen and oxygen atoms in total. The maximum absolute atomic E-state index is 12.1. The summed E-state index contributed by atoms with van der Waals surface area (Å²) in [6, 6.07) is 16.7. The van der Waals surface area contributed by atoms with Crippen LogP contribution in [0, 0.1) is 0 Å². The van der Waals surface area contributed by atoms with Gasteiger partial charge in [0.1, 0.15) is 12.4 Å². The molecular formula is C18H16N2O3. The first-order valence-corrected chi connectivity index (χ1v) is 7.28. The summed E-state index contributed by atoms with van der Waals surface area (Å²) < 4.78 is 10.7. The second-order valence-electron chi connectivity index (χ2n) is 4.86. The van der Waals surface area contributed by atoms with Crippen molar-refractivity contribution < 1.29 is 13.9 Å². The van der Waals surface area contributed by atoms with Crippen molar-refractivity contribution in [1.29, 1.82) is 0 Å². The summed E-state index contributed by atoms with van der Waals surface area (Å²) in [6.07, 6.45) is 3.01. The van der Waals surface area contributed by atoms with Gasteiger partial charge in [-0.3, -0.25) is 4.79 Å². The molecule has 3 aromatic rings. The van der Waals surface area contributed by atoms with Crippen molar-refractivity contribution in [1.82, 2.24) is 10.3 Å². The number of para-hydroxylation sites is 1. The second kappa shape index (κ2) is 7.26. The van der Waals surface area contributed by atoms with Crippen LogP contribution in [0.2, 0.25) is 0 Å². The lowest BCUT2D eigenvalue weighted by atomic mass is 10.1. The number of benzene rings is 2. The number of hydrogen-bond acceptors (Lipinski definition) is 4. The molecule has 0 aliphatic carbocycles. The normalized spacial score (nSPS) is 10.3. The predicted molar refractivity (Wildman–Crippen MR) is 86.2 cm³/mol. The largest absolute Gasteiger partial charge is 0.492 e. The molecule has 2 aromatic carbocycles. The molecule has 0 bridgehead atoms. The van der Waals surface area contributed by atoms with E-state index in [2.05, 4.69) is 10.3 Å². The van der Waals surface area contributed by atoms with E-state index < -0.39 is 0 Å². The van der Waals surface area contributed by atoms with Crippen molar-refractivity contribution in [3.8, 4) is 17.1 Å². The Morgan fingerprint density at radius 1 is 1.09 bits per heavy atom. The van der Waals surface area contributed by atoms with E-state index in [4.69, 9.17) is 9.15 Å². The highest BCUT2D eigenvalue weighted by Crippen LogP contribution is 2.18. The van der Waals surface area contributed by atoms with Crippen LogP contribution in [0.1, 0.15) is 10.4 Å². The molecule has 0 saturated heterocycles. The summed E-state index contributed by atoms with van der Waals surface area (Å²) in [5.74, 6) is 1.33. The van der Waals surface area contributed by atoms with Crippen molar-refractivity contribution in [2.75, 3.05) is 13.2 Å². The summed E-state index contributed by atoms with van der Waals surface area (Å²) in [7, 11) is 0. The van der Waals surface area contributed by atoms with Crippen molar-refractivity contribution in [3.05, 3.63) is 72.8 Å². The van der Waals surface area contributed by atoms with E-state index in [0.29, 0.717) is 24.5 Å². The fourth-order valence-electron chi connectivity index (χ4n) is 2.10. The lowest BCUT2D eigenvalue weighted by molar-refractivity contribution is 0.0947. The number of nitrogens with zero attached hydrogens (tertiary/aromatic N) is 1. The zero-order chi connectivity index (χ0) is 15.9. The van der Waals surface area contributed by atoms with Crippen LogP contribution in [-0.2, 0) is 0 Å². The Hall–Kier alpha value is -3.08. The molecule has 1 aromatic heterocycles. The van der Waals surface area contributed by atoms with E-state index in [1.54, 1.807) is 18.3 Å². The summed E-state index contributed by atoms with van der Waals surface area (Å²) in [5.41, 5.74) is 1.47. The summed E-state index contributed by atoms with van der Waals surface area (Å²) >= 11 is 0. The van der Waals surface area contributed by atoms with Gasteiger partial charge in [-0.05, 0) is 24.3 Å². The van der Waals surface area contributed by atoms with Crippen LogP contribution < -0.4 is 10.1 Å². The minimum Gasteiger partial charge on any atom is -0.492 e. The lowest BCUT2D eigenvalue weighted by Crippen LogP contribution is -2.28. The summed E-state index contributed by atoms with van der Waals surface area (Å²) in [6.45, 7) is 0.865. The maximum atomic E-state index is 12.1. The van der Waals surface area contributed by atoms with Gasteiger partial charge >= 0.3 is 0 Å². The van der Waals surface area contributed by atoms with E-state index in [1.807, 2.05) is 42.5 Å². The number of aromatic nitrogens is 1. The van der Waals surface area contributed by atoms with E-state index in [0.717, 1.165) is 11.3 Å². The molecule has 0 fully saturated rings. The number of carbonyl (C=O) groups is 1. The molecule has 0 saturated carbocycles. The highest BCUT2D eigenvalue weighted by molar-refractivity contribution is 5.94. The van der Waals surface area contributed by atoms with Crippen LogP contribution in [-0.4, -0.2) is 24.0 Å². The van der Waals surface area contributed by atoms with Gasteiger partial charge in [-0.25, -0.2) is 4.98 Å². The molecule has 0 spiro atoms. The highest BCUT2D eigenvalue weighted by Gasteiger charge is 2.06. The predicted octanol–water partition coefficient (Wildman–Crippen LogP) is 3.15. The SMILES string of the molecule is O=C(NCCOc1ccccc1)c1ccc(-c2cnco2)cc1. The van der Waals surface area contributed by atoms with Gasteiger partial charge in [-0.2, -0.15) is 0 Å². The van der Waals surface area contributed by atoms with Crippen LogP contribution >= 0.6 is 0 Å². The zero-order valence-corrected chi connectivity index (χ0v) is 12.4. The summed E-state index contributed by atoms with van der Waals surface area (Å²) in [5, 5.41) is 2.82. The number of carbonyl (C=O) groups excluding carboxylic acids is 1. The first-order chi connectivity index (χ1) is 11.3. The Labute approximate surface area is 133 Å². The van der Waals surface area contributed by atoms with Gasteiger partial charge in [0.05, 0.1) is 12.7 Å². The molecule has 0 atom stereocenters. The van der Waals surface area contributed by atoms with Gasteiger partial charge in [0, 0.05) is 11.1 Å². The van der Waals surface area contributed by atoms with Gasteiger partial charge in [0.15, 0.2) is 12.2 Å². The van der Waals surface area contributed by atoms with E-state index in [9.17, 15) is 4.79 Å². The van der Waals surface area contributed by atoms with E-state index in [1.165, 1.54) is 6.39 Å². The quantitative estimate of drug-likeness (QED) is 0.710. The smallest absolute Gasteiger partial charge is 0.251 e. The lowest BCUT2D eigenvalue weighted by Gasteiger charge is -2.08. The number of hydrogen-bond donors (Lipinski definition) is 1. The number of amides is 1. The van der Waals surface area contributed by atoms with Gasteiger partial charge in [-0.1, -0.05) is 30.3 Å². The average molecular weight is 308 g/mol. The van der Waals surface area contributed by atoms with Gasteiger partial charge in [0.2, 0.25) is 0 Å². The Morgan fingerprint density at radius 2 is 1.87 bits per heavy atom. The minimum absolute atomic E-state index is 0.134. The van der Waals surface area contributed by atoms with Crippen LogP contribution in [0.5, 0.6) is 5.75 Å². The topological polar surface area (TPSA) is 64.4 Å². The maximum Gasteiger partial charge on any atom is 0.251 e. The van der Waals surface area contributed by atoms with Crippen LogP contribution in [0.4, 0.5) is 0 Å². The Kier molecular flexibility index (Phi) is 4.69. The van der Waals surface area contributed by atoms with Crippen LogP contribution in [0.3, 0.4) is 0 Å². The molecule has 1 heterocycles. The van der Waals surface area contributed by atoms with Crippen molar-refractivity contribution in [2.45, 2.75) is 0 Å². The molecule has 5 heteroatoms. The molecule has 3 rings (SSSR count). The van der Waals surface area contributed by atoms with E-state index >= 15 is 0 Å². The summed E-state index contributed by atoms with van der Waals surface area (Å²) in [4.78, 5) is 15.9. The molecule has 0 radical (unpaired) electrons. The molecule has 0 unspecified atom stereocenters. The Balaban J connectivity index is 1.48. The third kappa shape index (κ3) is 3.97. The van der Waals surface area contributed by atoms with Gasteiger partial charge in [0.25, 0.3) is 5.91 Å². The fraction of sp³-hybridized carbons (Fsp3) is 0.111. The molecule has 1 amide bonds. The molecule has 23 heavy (non-hydrogen) atoms. The first-order valence-electron chi connectivity index (χ1n) is 7.28. The molecular weight excluding hydrogens is 292 g/mol. The van der Waals surface area contributed by atoms with Gasteiger partial charge in [-0.15, -0.1) is 0 Å². The van der Waals surface area contributed by atoms with E-state index in [-0.39, 0.29) is 5.91 Å². The molecule has 1 N–H and O–H groups in total. The third-order valence-corrected chi connectivity index (χ3v) is 3.26. The molecule has 0 aliphatic rings. The van der Waals surface area contributed by atoms with Gasteiger partial charge < -0.3 is 14.5 Å². The second-order valence-corrected chi connectivity index (χ2v) is 4.86. The van der Waals surface area contributed by atoms with Crippen LogP contribution in [0.15, 0.2) is 71.6 Å². The monoisotopic (exact) mass is 308 g/mol. The zero-order valence-electron chi connectivity index (χ0n) is 12.4. The average Bonchev–Trinajstić information content (AvgIpc) is 3.14. The first kappa shape index (κ1) is 14.8. The standard InChI is InChI=1S/C18H16N2O3/c21-18(20-10-11-22-16-4-2-1-3-5-16)15-8-6-14(7-9-15)17-12-19-13-23-17/h1-9,12-13H,10-11H2,(H,20,21). The fourth-order valence-corrected chi connectivity index (χ4v) is 2.10. The Morgan fingerprint density at radius 3 is 2.57 bits per heavy atom. The Bertz CT molecular complexity index is 738. The minimum atomic E-state index is -0.134. The number of ether oxygens (including phenoxy) is 1. The molecule has 0 aliphatic heterocycles. The van der Waals surface area contributed by atoms with Crippen molar-refractivity contribution in [2.24, 2.45) is 0 Å². The van der Waals surface area contributed by atoms with Crippen molar-refractivity contribution in [3.63, 3.8) is 0 Å². The third-order valence-electron chi connectivity index (χ3n) is 3.26. The number of oxazole rings is 1. The van der Waals surface area contributed by atoms with Crippen LogP contribution in [0.25, 0.3) is 11.3 Å². The number of nitrogens with one attached hydrogen (secondary N) is 1. The molecule has 116 valence electrons. The van der Waals surface area contributed by atoms with Crippen molar-refractivity contribution >= 4 is 5.91 Å². The highest BCUT2D eigenvalue weighted by atomic mass is 16.5.